The zero-order chi connectivity index (χ0) is 16.9. The molecular weight excluding hydrogens is 324 g/mol. The van der Waals surface area contributed by atoms with E-state index in [1.807, 2.05) is 19.1 Å². The fourth-order valence-electron chi connectivity index (χ4n) is 2.30. The van der Waals surface area contributed by atoms with Crippen molar-refractivity contribution in [3.63, 3.8) is 0 Å². The Morgan fingerprint density at radius 3 is 2.83 bits per heavy atom. The van der Waals surface area contributed by atoms with Gasteiger partial charge in [-0.15, -0.1) is 0 Å². The molecule has 0 saturated heterocycles. The first-order valence-electron chi connectivity index (χ1n) is 7.51. The third kappa shape index (κ3) is 3.46. The highest BCUT2D eigenvalue weighted by Crippen LogP contribution is 2.18. The molecule has 122 valence electrons. The molecule has 3 rings (SSSR count). The number of benzene rings is 1. The van der Waals surface area contributed by atoms with Crippen LogP contribution in [0.3, 0.4) is 0 Å². The Bertz CT molecular complexity index is 925. The minimum absolute atomic E-state index is 0.0849. The van der Waals surface area contributed by atoms with Gasteiger partial charge in [-0.1, -0.05) is 23.9 Å². The molecule has 24 heavy (non-hydrogen) atoms. The topological polar surface area (TPSA) is 76.9 Å². The lowest BCUT2D eigenvalue weighted by molar-refractivity contribution is -0.113. The van der Waals surface area contributed by atoms with Gasteiger partial charge >= 0.3 is 0 Å². The van der Waals surface area contributed by atoms with E-state index in [9.17, 15) is 9.59 Å². The van der Waals surface area contributed by atoms with Gasteiger partial charge < -0.3 is 5.32 Å². The molecular formula is C17H16N4O2S. The Balaban J connectivity index is 1.79. The number of hydrogen-bond donors (Lipinski definition) is 1. The van der Waals surface area contributed by atoms with Gasteiger partial charge in [-0.25, -0.2) is 4.98 Å². The number of hydrogen-bond acceptors (Lipinski definition) is 5. The van der Waals surface area contributed by atoms with E-state index in [-0.39, 0.29) is 17.2 Å². The molecule has 0 fully saturated rings. The number of fused-ring (bicyclic) bond motifs is 1. The normalized spacial score (nSPS) is 10.7. The number of nitrogens with one attached hydrogen (secondary N) is 1. The van der Waals surface area contributed by atoms with E-state index in [1.54, 1.807) is 41.2 Å². The van der Waals surface area contributed by atoms with Crippen molar-refractivity contribution in [1.29, 1.82) is 0 Å². The van der Waals surface area contributed by atoms with Gasteiger partial charge in [0.15, 0.2) is 5.16 Å². The van der Waals surface area contributed by atoms with Gasteiger partial charge in [-0.05, 0) is 31.2 Å². The lowest BCUT2D eigenvalue weighted by Gasteiger charge is -2.11. The minimum Gasteiger partial charge on any atom is -0.324 e. The maximum absolute atomic E-state index is 12.5. The maximum atomic E-state index is 12.5. The van der Waals surface area contributed by atoms with Crippen molar-refractivity contribution in [2.24, 2.45) is 0 Å². The number of rotatable bonds is 5. The Hall–Kier alpha value is -2.67. The van der Waals surface area contributed by atoms with Crippen LogP contribution in [0.2, 0.25) is 0 Å². The van der Waals surface area contributed by atoms with Crippen LogP contribution in [0.15, 0.2) is 58.7 Å². The first kappa shape index (κ1) is 16.2. The van der Waals surface area contributed by atoms with E-state index < -0.39 is 0 Å². The van der Waals surface area contributed by atoms with Crippen LogP contribution in [-0.2, 0) is 11.3 Å². The number of pyridine rings is 1. The fraction of sp³-hybridized carbons (Fsp3) is 0.176. The van der Waals surface area contributed by atoms with E-state index in [4.69, 9.17) is 0 Å². The molecule has 0 aliphatic rings. The lowest BCUT2D eigenvalue weighted by Crippen LogP contribution is -2.23. The standard InChI is InChI=1S/C17H16N4O2S/c1-2-21-16(23)13-7-3-4-8-14(13)20-17(21)24-11-15(22)19-12-6-5-9-18-10-12/h3-10H,2,11H2,1H3,(H,19,22). The van der Waals surface area contributed by atoms with Gasteiger partial charge in [-0.3, -0.25) is 19.1 Å². The summed E-state index contributed by atoms with van der Waals surface area (Å²) in [6.45, 7) is 2.39. The van der Waals surface area contributed by atoms with Gasteiger partial charge in [0, 0.05) is 12.7 Å². The van der Waals surface area contributed by atoms with Gasteiger partial charge in [0.1, 0.15) is 0 Å². The third-order valence-corrected chi connectivity index (χ3v) is 4.40. The number of thioether (sulfide) groups is 1. The lowest BCUT2D eigenvalue weighted by atomic mass is 10.2. The average molecular weight is 340 g/mol. The summed E-state index contributed by atoms with van der Waals surface area (Å²) >= 11 is 1.25. The summed E-state index contributed by atoms with van der Waals surface area (Å²) in [6, 6.07) is 10.7. The summed E-state index contributed by atoms with van der Waals surface area (Å²) in [5.41, 5.74) is 1.20. The van der Waals surface area contributed by atoms with Crippen molar-refractivity contribution < 1.29 is 4.79 Å². The average Bonchev–Trinajstić information content (AvgIpc) is 2.61. The van der Waals surface area contributed by atoms with Crippen molar-refractivity contribution in [2.75, 3.05) is 11.1 Å². The van der Waals surface area contributed by atoms with Gasteiger partial charge in [-0.2, -0.15) is 0 Å². The van der Waals surface area contributed by atoms with Crippen molar-refractivity contribution in [3.05, 3.63) is 59.1 Å². The highest BCUT2D eigenvalue weighted by Gasteiger charge is 2.12. The number of para-hydroxylation sites is 1. The van der Waals surface area contributed by atoms with Crippen LogP contribution >= 0.6 is 11.8 Å². The molecule has 0 saturated carbocycles. The molecule has 2 heterocycles. The molecule has 0 aliphatic heterocycles. The smallest absolute Gasteiger partial charge is 0.262 e. The Morgan fingerprint density at radius 2 is 2.08 bits per heavy atom. The second-order valence-corrected chi connectivity index (χ2v) is 5.98. The molecule has 0 radical (unpaired) electrons. The molecule has 3 aromatic rings. The van der Waals surface area contributed by atoms with Crippen LogP contribution in [-0.4, -0.2) is 26.2 Å². The summed E-state index contributed by atoms with van der Waals surface area (Å²) in [4.78, 5) is 33.0. The van der Waals surface area contributed by atoms with Gasteiger partial charge in [0.25, 0.3) is 5.56 Å². The molecule has 1 amide bonds. The molecule has 2 aromatic heterocycles. The molecule has 0 bridgehead atoms. The zero-order valence-corrected chi connectivity index (χ0v) is 13.9. The number of aromatic nitrogens is 3. The number of amides is 1. The zero-order valence-electron chi connectivity index (χ0n) is 13.1. The number of carbonyl (C=O) groups excluding carboxylic acids is 1. The molecule has 6 nitrogen and oxygen atoms in total. The summed E-state index contributed by atoms with van der Waals surface area (Å²) in [6.07, 6.45) is 3.22. The Labute approximate surface area is 142 Å². The van der Waals surface area contributed by atoms with Crippen LogP contribution in [0, 0.1) is 0 Å². The Morgan fingerprint density at radius 1 is 1.25 bits per heavy atom. The minimum atomic E-state index is -0.168. The largest absolute Gasteiger partial charge is 0.324 e. The highest BCUT2D eigenvalue weighted by atomic mass is 32.2. The third-order valence-electron chi connectivity index (χ3n) is 3.42. The summed E-state index contributed by atoms with van der Waals surface area (Å²) in [7, 11) is 0. The van der Waals surface area contributed by atoms with Crippen LogP contribution in [0.25, 0.3) is 10.9 Å². The molecule has 1 aromatic carbocycles. The molecule has 1 N–H and O–H groups in total. The first-order valence-corrected chi connectivity index (χ1v) is 8.50. The van der Waals surface area contributed by atoms with E-state index >= 15 is 0 Å². The van der Waals surface area contributed by atoms with Crippen LogP contribution in [0.4, 0.5) is 5.69 Å². The van der Waals surface area contributed by atoms with Crippen molar-refractivity contribution in [2.45, 2.75) is 18.6 Å². The van der Waals surface area contributed by atoms with Crippen LogP contribution in [0.1, 0.15) is 6.92 Å². The Kier molecular flexibility index (Phi) is 4.90. The monoisotopic (exact) mass is 340 g/mol. The molecule has 0 unspecified atom stereocenters. The molecule has 0 spiro atoms. The SMILES string of the molecule is CCn1c(SCC(=O)Nc2cccnc2)nc2ccccc2c1=O. The quantitative estimate of drug-likeness (QED) is 0.570. The van der Waals surface area contributed by atoms with Crippen molar-refractivity contribution in [3.8, 4) is 0 Å². The van der Waals surface area contributed by atoms with Crippen molar-refractivity contribution >= 4 is 34.3 Å². The molecule has 0 atom stereocenters. The molecule has 0 aliphatic carbocycles. The molecule has 7 heteroatoms. The maximum Gasteiger partial charge on any atom is 0.262 e. The number of nitrogens with zero attached hydrogens (tertiary/aromatic N) is 3. The first-order chi connectivity index (χ1) is 11.7. The van der Waals surface area contributed by atoms with Crippen LogP contribution < -0.4 is 10.9 Å². The van der Waals surface area contributed by atoms with Gasteiger partial charge in [0.05, 0.1) is 28.5 Å². The summed E-state index contributed by atoms with van der Waals surface area (Å²) in [5.74, 6) is -0.00212. The van der Waals surface area contributed by atoms with Crippen molar-refractivity contribution in [1.82, 2.24) is 14.5 Å². The number of anilines is 1. The predicted octanol–water partition coefficient (Wildman–Crippen LogP) is 2.54. The van der Waals surface area contributed by atoms with Crippen LogP contribution in [0.5, 0.6) is 0 Å². The summed E-state index contributed by atoms with van der Waals surface area (Å²) < 4.78 is 1.59. The van der Waals surface area contributed by atoms with E-state index in [0.717, 1.165) is 0 Å². The second-order valence-electron chi connectivity index (χ2n) is 5.04. The number of carbonyl (C=O) groups is 1. The van der Waals surface area contributed by atoms with E-state index in [1.165, 1.54) is 11.8 Å². The van der Waals surface area contributed by atoms with Gasteiger partial charge in [0.2, 0.25) is 5.91 Å². The predicted molar refractivity (Wildman–Crippen MR) is 95.3 cm³/mol. The second kappa shape index (κ2) is 7.27. The fourth-order valence-corrected chi connectivity index (χ4v) is 3.16. The van der Waals surface area contributed by atoms with E-state index in [0.29, 0.717) is 28.3 Å². The van der Waals surface area contributed by atoms with E-state index in [2.05, 4.69) is 15.3 Å². The highest BCUT2D eigenvalue weighted by molar-refractivity contribution is 7.99. The summed E-state index contributed by atoms with van der Waals surface area (Å²) in [5, 5.41) is 3.89.